The van der Waals surface area contributed by atoms with Crippen LogP contribution in [0.1, 0.15) is 47.4 Å². The normalized spacial score (nSPS) is 10.8. The number of ether oxygens (including phenoxy) is 1. The number of nitrogens with zero attached hydrogens (tertiary/aromatic N) is 2. The van der Waals surface area contributed by atoms with Gasteiger partial charge in [-0.15, -0.1) is 0 Å². The van der Waals surface area contributed by atoms with E-state index in [4.69, 9.17) is 14.4 Å². The fraction of sp³-hybridized carbons (Fsp3) is 0.357. The van der Waals surface area contributed by atoms with E-state index < -0.39 is 5.97 Å². The first kappa shape index (κ1) is 14.0. The van der Waals surface area contributed by atoms with Gasteiger partial charge in [0.2, 0.25) is 11.7 Å². The monoisotopic (exact) mass is 276 g/mol. The highest BCUT2D eigenvalue weighted by atomic mass is 16.5. The van der Waals surface area contributed by atoms with Crippen LogP contribution in [0.4, 0.5) is 0 Å². The smallest absolute Gasteiger partial charge is 0.339 e. The molecule has 1 heterocycles. The molecule has 1 N–H and O–H groups in total. The predicted molar refractivity (Wildman–Crippen MR) is 70.9 cm³/mol. The lowest BCUT2D eigenvalue weighted by Crippen LogP contribution is -2.04. The van der Waals surface area contributed by atoms with Crippen LogP contribution in [-0.4, -0.2) is 21.2 Å². The highest BCUT2D eigenvalue weighted by Crippen LogP contribution is 2.21. The van der Waals surface area contributed by atoms with Crippen LogP contribution in [0.2, 0.25) is 0 Å². The zero-order chi connectivity index (χ0) is 14.7. The average Bonchev–Trinajstić information content (AvgIpc) is 2.86. The Hall–Kier alpha value is -2.37. The lowest BCUT2D eigenvalue weighted by molar-refractivity contribution is 0.0691. The van der Waals surface area contributed by atoms with Crippen molar-refractivity contribution in [3.05, 3.63) is 41.0 Å². The third-order valence-electron chi connectivity index (χ3n) is 2.70. The summed E-state index contributed by atoms with van der Waals surface area (Å²) in [7, 11) is 0. The maximum atomic E-state index is 11.1. The minimum atomic E-state index is -1.03. The highest BCUT2D eigenvalue weighted by Gasteiger charge is 2.14. The van der Waals surface area contributed by atoms with E-state index in [9.17, 15) is 4.79 Å². The van der Waals surface area contributed by atoms with Gasteiger partial charge in [-0.1, -0.05) is 30.6 Å². The molecule has 0 fully saturated rings. The molecule has 1 aromatic heterocycles. The van der Waals surface area contributed by atoms with E-state index in [2.05, 4.69) is 10.1 Å². The van der Waals surface area contributed by atoms with Gasteiger partial charge >= 0.3 is 5.97 Å². The van der Waals surface area contributed by atoms with Crippen molar-refractivity contribution in [3.63, 3.8) is 0 Å². The summed E-state index contributed by atoms with van der Waals surface area (Å²) in [4.78, 5) is 15.3. The molecule has 0 atom stereocenters. The van der Waals surface area contributed by atoms with Gasteiger partial charge in [0.1, 0.15) is 11.3 Å². The number of carboxylic acid groups (broad SMARTS) is 1. The second-order valence-corrected chi connectivity index (χ2v) is 4.80. The Kier molecular flexibility index (Phi) is 4.02. The van der Waals surface area contributed by atoms with Gasteiger partial charge in [0.15, 0.2) is 6.61 Å². The summed E-state index contributed by atoms with van der Waals surface area (Å²) in [6, 6.07) is 4.98. The zero-order valence-corrected chi connectivity index (χ0v) is 11.6. The zero-order valence-electron chi connectivity index (χ0n) is 11.6. The van der Waals surface area contributed by atoms with Gasteiger partial charge < -0.3 is 14.4 Å². The number of aromatic nitrogens is 2. The minimum absolute atomic E-state index is 0.0690. The highest BCUT2D eigenvalue weighted by molar-refractivity contribution is 5.91. The van der Waals surface area contributed by atoms with Crippen molar-refractivity contribution in [3.8, 4) is 5.75 Å². The molecule has 0 aliphatic heterocycles. The summed E-state index contributed by atoms with van der Waals surface area (Å²) in [6.45, 7) is 5.78. The first-order valence-corrected chi connectivity index (χ1v) is 6.26. The quantitative estimate of drug-likeness (QED) is 0.903. The van der Waals surface area contributed by atoms with Crippen molar-refractivity contribution in [1.29, 1.82) is 0 Å². The molecule has 6 heteroatoms. The number of hydrogen-bond donors (Lipinski definition) is 1. The van der Waals surface area contributed by atoms with Crippen LogP contribution >= 0.6 is 0 Å². The van der Waals surface area contributed by atoms with Crippen LogP contribution in [0.5, 0.6) is 5.75 Å². The van der Waals surface area contributed by atoms with Gasteiger partial charge in [-0.3, -0.25) is 0 Å². The Morgan fingerprint density at radius 2 is 2.20 bits per heavy atom. The molecule has 0 aliphatic rings. The number of benzene rings is 1. The fourth-order valence-corrected chi connectivity index (χ4v) is 1.64. The fourth-order valence-electron chi connectivity index (χ4n) is 1.64. The second kappa shape index (κ2) is 5.73. The molecule has 0 saturated carbocycles. The molecule has 0 bridgehead atoms. The number of carboxylic acids is 1. The van der Waals surface area contributed by atoms with Gasteiger partial charge in [-0.2, -0.15) is 4.98 Å². The summed E-state index contributed by atoms with van der Waals surface area (Å²) in [5.41, 5.74) is 0.981. The van der Waals surface area contributed by atoms with E-state index in [1.54, 1.807) is 18.2 Å². The first-order valence-electron chi connectivity index (χ1n) is 6.26. The second-order valence-electron chi connectivity index (χ2n) is 4.80. The topological polar surface area (TPSA) is 85.5 Å². The Morgan fingerprint density at radius 3 is 2.80 bits per heavy atom. The third-order valence-corrected chi connectivity index (χ3v) is 2.70. The molecule has 6 nitrogen and oxygen atoms in total. The SMILES string of the molecule is Cc1ccc(OCc2noc(C(C)C)n2)c(C(=O)O)c1. The summed E-state index contributed by atoms with van der Waals surface area (Å²) in [6.07, 6.45) is 0. The van der Waals surface area contributed by atoms with Crippen molar-refractivity contribution in [2.24, 2.45) is 0 Å². The van der Waals surface area contributed by atoms with E-state index in [0.29, 0.717) is 17.5 Å². The number of hydrogen-bond acceptors (Lipinski definition) is 5. The number of aromatic carboxylic acids is 1. The van der Waals surface area contributed by atoms with Crippen LogP contribution < -0.4 is 4.74 Å². The van der Waals surface area contributed by atoms with Crippen molar-refractivity contribution in [1.82, 2.24) is 10.1 Å². The number of carbonyl (C=O) groups is 1. The molecule has 0 radical (unpaired) electrons. The minimum Gasteiger partial charge on any atom is -0.485 e. The maximum absolute atomic E-state index is 11.1. The molecular formula is C14H16N2O4. The molecular weight excluding hydrogens is 260 g/mol. The Balaban J connectivity index is 2.12. The third kappa shape index (κ3) is 3.14. The van der Waals surface area contributed by atoms with Crippen molar-refractivity contribution in [2.45, 2.75) is 33.3 Å². The largest absolute Gasteiger partial charge is 0.485 e. The molecule has 0 aliphatic carbocycles. The van der Waals surface area contributed by atoms with Gasteiger partial charge in [0.05, 0.1) is 0 Å². The first-order chi connectivity index (χ1) is 9.47. The summed E-state index contributed by atoms with van der Waals surface area (Å²) >= 11 is 0. The average molecular weight is 276 g/mol. The van der Waals surface area contributed by atoms with Crippen LogP contribution in [-0.2, 0) is 6.61 Å². The van der Waals surface area contributed by atoms with E-state index in [1.807, 2.05) is 20.8 Å². The van der Waals surface area contributed by atoms with Crippen molar-refractivity contribution in [2.75, 3.05) is 0 Å². The molecule has 0 saturated heterocycles. The Bertz CT molecular complexity index is 619. The molecule has 0 spiro atoms. The molecule has 20 heavy (non-hydrogen) atoms. The van der Waals surface area contributed by atoms with Crippen LogP contribution in [0.3, 0.4) is 0 Å². The molecule has 2 aromatic rings. The molecule has 0 unspecified atom stereocenters. The van der Waals surface area contributed by atoms with Gasteiger partial charge in [-0.25, -0.2) is 4.79 Å². The van der Waals surface area contributed by atoms with Gasteiger partial charge in [-0.05, 0) is 19.1 Å². The summed E-state index contributed by atoms with van der Waals surface area (Å²) < 4.78 is 10.5. The lowest BCUT2D eigenvalue weighted by atomic mass is 10.1. The maximum Gasteiger partial charge on any atom is 0.339 e. The Labute approximate surface area is 116 Å². The van der Waals surface area contributed by atoms with E-state index in [1.165, 1.54) is 0 Å². The van der Waals surface area contributed by atoms with Gasteiger partial charge in [0, 0.05) is 5.92 Å². The van der Waals surface area contributed by atoms with Crippen LogP contribution in [0.15, 0.2) is 22.7 Å². The predicted octanol–water partition coefficient (Wildman–Crippen LogP) is 2.78. The standard InChI is InChI=1S/C14H16N2O4/c1-8(2)13-15-12(16-20-13)7-19-11-5-4-9(3)6-10(11)14(17)18/h4-6,8H,7H2,1-3H3,(H,17,18). The molecule has 2 rings (SSSR count). The van der Waals surface area contributed by atoms with E-state index >= 15 is 0 Å². The number of rotatable bonds is 5. The summed E-state index contributed by atoms with van der Waals surface area (Å²) in [5, 5.41) is 12.9. The number of aryl methyl sites for hydroxylation is 1. The van der Waals surface area contributed by atoms with Crippen LogP contribution in [0.25, 0.3) is 0 Å². The molecule has 1 aromatic carbocycles. The molecule has 106 valence electrons. The Morgan fingerprint density at radius 1 is 1.45 bits per heavy atom. The van der Waals surface area contributed by atoms with Crippen molar-refractivity contribution >= 4 is 5.97 Å². The van der Waals surface area contributed by atoms with E-state index in [-0.39, 0.29) is 18.1 Å². The molecule has 0 amide bonds. The van der Waals surface area contributed by atoms with Gasteiger partial charge in [0.25, 0.3) is 0 Å². The van der Waals surface area contributed by atoms with Crippen LogP contribution in [0, 0.1) is 6.92 Å². The van der Waals surface area contributed by atoms with E-state index in [0.717, 1.165) is 5.56 Å². The lowest BCUT2D eigenvalue weighted by Gasteiger charge is -2.07. The summed E-state index contributed by atoms with van der Waals surface area (Å²) in [5.74, 6) is 0.334. The van der Waals surface area contributed by atoms with Crippen molar-refractivity contribution < 1.29 is 19.2 Å².